The van der Waals surface area contributed by atoms with Crippen LogP contribution in [0.15, 0.2) is 63.9 Å². The highest BCUT2D eigenvalue weighted by Crippen LogP contribution is 2.17. The normalized spacial score (nSPS) is 10.6. The summed E-state index contributed by atoms with van der Waals surface area (Å²) >= 11 is 3.17. The number of carbonyl (C=O) groups excluding carboxylic acids is 1. The molecule has 2 aromatic heterocycles. The first kappa shape index (κ1) is 14.6. The monoisotopic (exact) mass is 359 g/mol. The number of rotatable bonds is 5. The molecule has 0 aliphatic rings. The van der Waals surface area contributed by atoms with E-state index < -0.39 is 0 Å². The van der Waals surface area contributed by atoms with Gasteiger partial charge in [-0.15, -0.1) is 0 Å². The third-order valence-corrected chi connectivity index (χ3v) is 3.59. The van der Waals surface area contributed by atoms with Gasteiger partial charge in [0, 0.05) is 18.3 Å². The molecule has 0 saturated heterocycles. The summed E-state index contributed by atoms with van der Waals surface area (Å²) in [5.74, 6) is 0.0541. The van der Waals surface area contributed by atoms with E-state index in [1.165, 1.54) is 0 Å². The SMILES string of the molecule is O=C(NCCn1cc(-c2ccccc2)cn1)c1ccc(Br)o1. The Hall–Kier alpha value is -2.34. The van der Waals surface area contributed by atoms with Crippen molar-refractivity contribution in [2.45, 2.75) is 6.54 Å². The van der Waals surface area contributed by atoms with Crippen LogP contribution in [0.4, 0.5) is 0 Å². The molecule has 3 aromatic rings. The first-order valence-electron chi connectivity index (χ1n) is 6.84. The Labute approximate surface area is 136 Å². The van der Waals surface area contributed by atoms with E-state index in [9.17, 15) is 4.79 Å². The Bertz CT molecular complexity index is 765. The molecule has 0 radical (unpaired) electrons. The van der Waals surface area contributed by atoms with Crippen LogP contribution in [0.5, 0.6) is 0 Å². The van der Waals surface area contributed by atoms with Gasteiger partial charge in [-0.1, -0.05) is 30.3 Å². The van der Waals surface area contributed by atoms with Gasteiger partial charge < -0.3 is 9.73 Å². The first-order chi connectivity index (χ1) is 10.7. The lowest BCUT2D eigenvalue weighted by Gasteiger charge is -2.03. The fourth-order valence-corrected chi connectivity index (χ4v) is 2.38. The average molecular weight is 360 g/mol. The molecule has 2 heterocycles. The summed E-state index contributed by atoms with van der Waals surface area (Å²) < 4.78 is 7.54. The largest absolute Gasteiger partial charge is 0.444 e. The smallest absolute Gasteiger partial charge is 0.287 e. The Balaban J connectivity index is 1.54. The number of hydrogen-bond acceptors (Lipinski definition) is 3. The standard InChI is InChI=1S/C16H14BrN3O2/c17-15-7-6-14(22-15)16(21)18-8-9-20-11-13(10-19-20)12-4-2-1-3-5-12/h1-7,10-11H,8-9H2,(H,18,21). The lowest BCUT2D eigenvalue weighted by molar-refractivity contribution is 0.0923. The molecule has 0 saturated carbocycles. The van der Waals surface area contributed by atoms with Crippen molar-refractivity contribution in [2.24, 2.45) is 0 Å². The predicted octanol–water partition coefficient (Wildman–Crippen LogP) is 3.34. The number of halogens is 1. The molecule has 3 rings (SSSR count). The van der Waals surface area contributed by atoms with Crippen LogP contribution in [0.1, 0.15) is 10.6 Å². The van der Waals surface area contributed by atoms with Crippen LogP contribution in [0, 0.1) is 0 Å². The molecular weight excluding hydrogens is 346 g/mol. The molecule has 0 atom stereocenters. The lowest BCUT2D eigenvalue weighted by Crippen LogP contribution is -2.26. The van der Waals surface area contributed by atoms with Gasteiger partial charge in [0.05, 0.1) is 12.7 Å². The van der Waals surface area contributed by atoms with Crippen molar-refractivity contribution in [2.75, 3.05) is 6.54 Å². The maximum atomic E-state index is 11.8. The van der Waals surface area contributed by atoms with E-state index in [0.717, 1.165) is 11.1 Å². The Kier molecular flexibility index (Phi) is 4.39. The Morgan fingerprint density at radius 3 is 2.73 bits per heavy atom. The summed E-state index contributed by atoms with van der Waals surface area (Å²) in [5.41, 5.74) is 2.18. The van der Waals surface area contributed by atoms with E-state index >= 15 is 0 Å². The molecule has 0 aliphatic carbocycles. The molecule has 112 valence electrons. The third kappa shape index (κ3) is 3.46. The van der Waals surface area contributed by atoms with E-state index in [2.05, 4.69) is 26.3 Å². The summed E-state index contributed by atoms with van der Waals surface area (Å²) in [4.78, 5) is 11.8. The second-order valence-electron chi connectivity index (χ2n) is 4.72. The number of nitrogens with one attached hydrogen (secondary N) is 1. The van der Waals surface area contributed by atoms with Crippen molar-refractivity contribution in [3.63, 3.8) is 0 Å². The molecule has 5 nitrogen and oxygen atoms in total. The number of carbonyl (C=O) groups is 1. The maximum Gasteiger partial charge on any atom is 0.287 e. The highest BCUT2D eigenvalue weighted by atomic mass is 79.9. The fraction of sp³-hybridized carbons (Fsp3) is 0.125. The van der Waals surface area contributed by atoms with E-state index in [0.29, 0.717) is 17.8 Å². The molecule has 0 spiro atoms. The van der Waals surface area contributed by atoms with Crippen LogP contribution >= 0.6 is 15.9 Å². The van der Waals surface area contributed by atoms with Gasteiger partial charge in [-0.3, -0.25) is 9.48 Å². The third-order valence-electron chi connectivity index (χ3n) is 3.16. The summed E-state index contributed by atoms with van der Waals surface area (Å²) in [5, 5.41) is 7.10. The van der Waals surface area contributed by atoms with Crippen molar-refractivity contribution in [3.05, 3.63) is 65.3 Å². The quantitative estimate of drug-likeness (QED) is 0.759. The molecule has 1 amide bonds. The van der Waals surface area contributed by atoms with Gasteiger partial charge in [0.25, 0.3) is 5.91 Å². The highest BCUT2D eigenvalue weighted by molar-refractivity contribution is 9.10. The predicted molar refractivity (Wildman–Crippen MR) is 86.4 cm³/mol. The average Bonchev–Trinajstić information content (AvgIpc) is 3.17. The second-order valence-corrected chi connectivity index (χ2v) is 5.50. The van der Waals surface area contributed by atoms with Crippen LogP contribution in [0.2, 0.25) is 0 Å². The summed E-state index contributed by atoms with van der Waals surface area (Å²) in [6.45, 7) is 1.08. The van der Waals surface area contributed by atoms with Crippen molar-refractivity contribution in [1.29, 1.82) is 0 Å². The summed E-state index contributed by atoms with van der Waals surface area (Å²) in [6, 6.07) is 13.4. The topological polar surface area (TPSA) is 60.1 Å². The number of aromatic nitrogens is 2. The van der Waals surface area contributed by atoms with Crippen molar-refractivity contribution < 1.29 is 9.21 Å². The minimum absolute atomic E-state index is 0.235. The van der Waals surface area contributed by atoms with E-state index in [4.69, 9.17) is 4.42 Å². The van der Waals surface area contributed by atoms with Crippen molar-refractivity contribution in [1.82, 2.24) is 15.1 Å². The molecule has 0 fully saturated rings. The van der Waals surface area contributed by atoms with Crippen LogP contribution in [-0.2, 0) is 6.54 Å². The number of benzene rings is 1. The molecule has 0 aliphatic heterocycles. The molecule has 1 N–H and O–H groups in total. The van der Waals surface area contributed by atoms with Gasteiger partial charge in [-0.25, -0.2) is 0 Å². The van der Waals surface area contributed by atoms with Crippen LogP contribution in [0.3, 0.4) is 0 Å². The minimum atomic E-state index is -0.235. The Morgan fingerprint density at radius 2 is 2.00 bits per heavy atom. The molecule has 1 aromatic carbocycles. The zero-order chi connectivity index (χ0) is 15.4. The van der Waals surface area contributed by atoms with Gasteiger partial charge >= 0.3 is 0 Å². The second kappa shape index (κ2) is 6.62. The minimum Gasteiger partial charge on any atom is -0.444 e. The lowest BCUT2D eigenvalue weighted by atomic mass is 10.1. The number of nitrogens with zero attached hydrogens (tertiary/aromatic N) is 2. The van der Waals surface area contributed by atoms with E-state index in [-0.39, 0.29) is 11.7 Å². The van der Waals surface area contributed by atoms with Gasteiger partial charge in [0.1, 0.15) is 0 Å². The van der Waals surface area contributed by atoms with Crippen molar-refractivity contribution in [3.8, 4) is 11.1 Å². The summed E-state index contributed by atoms with van der Waals surface area (Å²) in [7, 11) is 0. The molecule has 0 unspecified atom stereocenters. The van der Waals surface area contributed by atoms with Crippen LogP contribution < -0.4 is 5.32 Å². The maximum absolute atomic E-state index is 11.8. The van der Waals surface area contributed by atoms with Gasteiger partial charge in [-0.05, 0) is 33.6 Å². The van der Waals surface area contributed by atoms with Gasteiger partial charge in [0.2, 0.25) is 0 Å². The highest BCUT2D eigenvalue weighted by Gasteiger charge is 2.09. The van der Waals surface area contributed by atoms with E-state index in [1.54, 1.807) is 16.8 Å². The van der Waals surface area contributed by atoms with Crippen LogP contribution in [0.25, 0.3) is 11.1 Å². The van der Waals surface area contributed by atoms with Gasteiger partial charge in [0.15, 0.2) is 10.4 Å². The number of furan rings is 1. The van der Waals surface area contributed by atoms with Crippen molar-refractivity contribution >= 4 is 21.8 Å². The molecule has 22 heavy (non-hydrogen) atoms. The zero-order valence-corrected chi connectivity index (χ0v) is 13.3. The summed E-state index contributed by atoms with van der Waals surface area (Å²) in [6.07, 6.45) is 3.78. The van der Waals surface area contributed by atoms with Gasteiger partial charge in [-0.2, -0.15) is 5.10 Å². The molecule has 6 heteroatoms. The fourth-order valence-electron chi connectivity index (χ4n) is 2.07. The molecule has 0 bridgehead atoms. The van der Waals surface area contributed by atoms with Crippen LogP contribution in [-0.4, -0.2) is 22.2 Å². The van der Waals surface area contributed by atoms with E-state index in [1.807, 2.05) is 42.7 Å². The number of hydrogen-bond donors (Lipinski definition) is 1. The number of amides is 1. The molecular formula is C16H14BrN3O2. The zero-order valence-electron chi connectivity index (χ0n) is 11.7. The Morgan fingerprint density at radius 1 is 1.18 bits per heavy atom. The first-order valence-corrected chi connectivity index (χ1v) is 7.63.